The van der Waals surface area contributed by atoms with Gasteiger partial charge >= 0.3 is 0 Å². The van der Waals surface area contributed by atoms with Crippen LogP contribution in [-0.2, 0) is 11.2 Å². The molecule has 0 unspecified atom stereocenters. The van der Waals surface area contributed by atoms with E-state index in [1.807, 2.05) is 0 Å². The molecular formula is C20H31N3O. The monoisotopic (exact) mass is 329 g/mol. The molecule has 132 valence electrons. The van der Waals surface area contributed by atoms with Gasteiger partial charge in [0.2, 0.25) is 5.91 Å². The van der Waals surface area contributed by atoms with Gasteiger partial charge in [0.05, 0.1) is 6.54 Å². The Morgan fingerprint density at radius 1 is 0.958 bits per heavy atom. The fraction of sp³-hybridized carbons (Fsp3) is 0.650. The number of hydrogen-bond donors (Lipinski definition) is 1. The fourth-order valence-corrected chi connectivity index (χ4v) is 3.83. The highest BCUT2D eigenvalue weighted by molar-refractivity contribution is 5.78. The summed E-state index contributed by atoms with van der Waals surface area (Å²) >= 11 is 0. The molecule has 0 atom stereocenters. The average molecular weight is 329 g/mol. The second-order valence-electron chi connectivity index (χ2n) is 7.26. The third kappa shape index (κ3) is 5.60. The van der Waals surface area contributed by atoms with Crippen molar-refractivity contribution in [1.82, 2.24) is 15.1 Å². The average Bonchev–Trinajstić information content (AvgIpc) is 2.63. The summed E-state index contributed by atoms with van der Waals surface area (Å²) in [6.07, 6.45) is 7.31. The van der Waals surface area contributed by atoms with Crippen LogP contribution in [0.15, 0.2) is 30.3 Å². The first-order valence-electron chi connectivity index (χ1n) is 9.57. The maximum Gasteiger partial charge on any atom is 0.234 e. The molecule has 2 fully saturated rings. The smallest absolute Gasteiger partial charge is 0.234 e. The minimum Gasteiger partial charge on any atom is -0.352 e. The van der Waals surface area contributed by atoms with Crippen molar-refractivity contribution in [2.75, 3.05) is 39.3 Å². The van der Waals surface area contributed by atoms with Gasteiger partial charge in [-0.15, -0.1) is 0 Å². The lowest BCUT2D eigenvalue weighted by atomic mass is 9.95. The van der Waals surface area contributed by atoms with Crippen molar-refractivity contribution < 1.29 is 4.79 Å². The quantitative estimate of drug-likeness (QED) is 0.870. The summed E-state index contributed by atoms with van der Waals surface area (Å²) in [6.45, 7) is 5.85. The third-order valence-electron chi connectivity index (χ3n) is 5.36. The zero-order chi connectivity index (χ0) is 16.6. The molecule has 1 N–H and O–H groups in total. The van der Waals surface area contributed by atoms with E-state index in [1.165, 1.54) is 37.7 Å². The van der Waals surface area contributed by atoms with Crippen LogP contribution in [0.3, 0.4) is 0 Å². The molecule has 1 aromatic rings. The highest BCUT2D eigenvalue weighted by atomic mass is 16.2. The van der Waals surface area contributed by atoms with Crippen LogP contribution in [0.2, 0.25) is 0 Å². The number of nitrogens with zero attached hydrogens (tertiary/aromatic N) is 2. The second kappa shape index (κ2) is 9.19. The molecule has 4 heteroatoms. The van der Waals surface area contributed by atoms with Crippen LogP contribution in [0.25, 0.3) is 0 Å². The maximum absolute atomic E-state index is 12.2. The van der Waals surface area contributed by atoms with Crippen LogP contribution in [-0.4, -0.2) is 61.0 Å². The van der Waals surface area contributed by atoms with Crippen LogP contribution in [0, 0.1) is 0 Å². The van der Waals surface area contributed by atoms with E-state index in [2.05, 4.69) is 45.4 Å². The Bertz CT molecular complexity index is 491. The van der Waals surface area contributed by atoms with E-state index in [4.69, 9.17) is 0 Å². The SMILES string of the molecule is O=C(CN1CCN(CCc2ccccc2)CC1)NC1CCCCC1. The van der Waals surface area contributed by atoms with Crippen molar-refractivity contribution >= 4 is 5.91 Å². The Morgan fingerprint density at radius 2 is 1.62 bits per heavy atom. The van der Waals surface area contributed by atoms with Gasteiger partial charge in [-0.05, 0) is 24.8 Å². The molecule has 0 aromatic heterocycles. The summed E-state index contributed by atoms with van der Waals surface area (Å²) in [7, 11) is 0. The molecule has 0 bridgehead atoms. The van der Waals surface area contributed by atoms with Gasteiger partial charge < -0.3 is 10.2 Å². The number of nitrogens with one attached hydrogen (secondary N) is 1. The molecule has 0 spiro atoms. The summed E-state index contributed by atoms with van der Waals surface area (Å²) in [5, 5.41) is 3.23. The number of benzene rings is 1. The van der Waals surface area contributed by atoms with Crippen LogP contribution >= 0.6 is 0 Å². The van der Waals surface area contributed by atoms with E-state index in [-0.39, 0.29) is 5.91 Å². The standard InChI is InChI=1S/C20H31N3O/c24-20(21-19-9-5-2-6-10-19)17-23-15-13-22(14-16-23)12-11-18-7-3-1-4-8-18/h1,3-4,7-8,19H,2,5-6,9-17H2,(H,21,24). The Balaban J connectivity index is 1.32. The molecular weight excluding hydrogens is 298 g/mol. The van der Waals surface area contributed by atoms with Gasteiger partial charge in [-0.1, -0.05) is 49.6 Å². The molecule has 1 saturated heterocycles. The molecule has 3 rings (SSSR count). The summed E-state index contributed by atoms with van der Waals surface area (Å²) in [5.74, 6) is 0.222. The molecule has 1 aliphatic carbocycles. The third-order valence-corrected chi connectivity index (χ3v) is 5.36. The first-order chi connectivity index (χ1) is 11.8. The number of hydrogen-bond acceptors (Lipinski definition) is 3. The van der Waals surface area contributed by atoms with Gasteiger partial charge in [-0.3, -0.25) is 9.69 Å². The van der Waals surface area contributed by atoms with Crippen molar-refractivity contribution in [2.24, 2.45) is 0 Å². The van der Waals surface area contributed by atoms with E-state index >= 15 is 0 Å². The van der Waals surface area contributed by atoms with Gasteiger partial charge in [0, 0.05) is 38.8 Å². The summed E-state index contributed by atoms with van der Waals surface area (Å²) in [5.41, 5.74) is 1.41. The van der Waals surface area contributed by atoms with Crippen LogP contribution in [0.4, 0.5) is 0 Å². The lowest BCUT2D eigenvalue weighted by Crippen LogP contribution is -2.50. The maximum atomic E-state index is 12.2. The van der Waals surface area contributed by atoms with Gasteiger partial charge in [0.1, 0.15) is 0 Å². The number of amides is 1. The number of rotatable bonds is 6. The van der Waals surface area contributed by atoms with Gasteiger partial charge in [0.25, 0.3) is 0 Å². The van der Waals surface area contributed by atoms with E-state index in [1.54, 1.807) is 0 Å². The zero-order valence-electron chi connectivity index (χ0n) is 14.8. The second-order valence-corrected chi connectivity index (χ2v) is 7.26. The Morgan fingerprint density at radius 3 is 2.33 bits per heavy atom. The zero-order valence-corrected chi connectivity index (χ0v) is 14.8. The summed E-state index contributed by atoms with van der Waals surface area (Å²) < 4.78 is 0. The largest absolute Gasteiger partial charge is 0.352 e. The Labute approximate surface area is 146 Å². The molecule has 1 aromatic carbocycles. The Kier molecular flexibility index (Phi) is 6.67. The first kappa shape index (κ1) is 17.4. The number of carbonyl (C=O) groups excluding carboxylic acids is 1. The highest BCUT2D eigenvalue weighted by Crippen LogP contribution is 2.17. The molecule has 1 amide bonds. The van der Waals surface area contributed by atoms with Crippen molar-refractivity contribution in [3.05, 3.63) is 35.9 Å². The minimum absolute atomic E-state index is 0.222. The van der Waals surface area contributed by atoms with E-state index in [0.717, 1.165) is 39.1 Å². The fourth-order valence-electron chi connectivity index (χ4n) is 3.83. The predicted octanol–water partition coefficient (Wildman–Crippen LogP) is 2.30. The van der Waals surface area contributed by atoms with Crippen molar-refractivity contribution in [3.63, 3.8) is 0 Å². The number of piperazine rings is 1. The molecule has 2 aliphatic rings. The summed E-state index contributed by atoms with van der Waals surface area (Å²) in [4.78, 5) is 17.0. The van der Waals surface area contributed by atoms with Crippen molar-refractivity contribution in [1.29, 1.82) is 0 Å². The molecule has 4 nitrogen and oxygen atoms in total. The topological polar surface area (TPSA) is 35.6 Å². The van der Waals surface area contributed by atoms with Crippen molar-refractivity contribution in [3.8, 4) is 0 Å². The van der Waals surface area contributed by atoms with Crippen LogP contribution in [0.5, 0.6) is 0 Å². The van der Waals surface area contributed by atoms with Gasteiger partial charge in [0.15, 0.2) is 0 Å². The van der Waals surface area contributed by atoms with Crippen molar-refractivity contribution in [2.45, 2.75) is 44.6 Å². The minimum atomic E-state index is 0.222. The Hall–Kier alpha value is -1.39. The lowest BCUT2D eigenvalue weighted by Gasteiger charge is -2.34. The molecule has 1 heterocycles. The number of carbonyl (C=O) groups is 1. The van der Waals surface area contributed by atoms with Gasteiger partial charge in [-0.25, -0.2) is 0 Å². The molecule has 1 aliphatic heterocycles. The molecule has 1 saturated carbocycles. The predicted molar refractivity (Wildman–Crippen MR) is 98.0 cm³/mol. The molecule has 0 radical (unpaired) electrons. The highest BCUT2D eigenvalue weighted by Gasteiger charge is 2.21. The lowest BCUT2D eigenvalue weighted by molar-refractivity contribution is -0.123. The van der Waals surface area contributed by atoms with Crippen LogP contribution < -0.4 is 5.32 Å². The first-order valence-corrected chi connectivity index (χ1v) is 9.57. The van der Waals surface area contributed by atoms with Crippen LogP contribution in [0.1, 0.15) is 37.7 Å². The van der Waals surface area contributed by atoms with E-state index < -0.39 is 0 Å². The normalized spacial score (nSPS) is 20.8. The van der Waals surface area contributed by atoms with E-state index in [9.17, 15) is 4.79 Å². The van der Waals surface area contributed by atoms with Gasteiger partial charge in [-0.2, -0.15) is 0 Å². The molecule has 24 heavy (non-hydrogen) atoms. The van der Waals surface area contributed by atoms with E-state index in [0.29, 0.717) is 12.6 Å². The summed E-state index contributed by atoms with van der Waals surface area (Å²) in [6, 6.07) is 11.1.